The van der Waals surface area contributed by atoms with Gasteiger partial charge in [0.05, 0.1) is 6.54 Å². The van der Waals surface area contributed by atoms with Gasteiger partial charge in [0, 0.05) is 23.8 Å². The summed E-state index contributed by atoms with van der Waals surface area (Å²) in [5, 5.41) is 4.28. The zero-order chi connectivity index (χ0) is 17.6. The van der Waals surface area contributed by atoms with Gasteiger partial charge in [0.25, 0.3) is 0 Å². The Morgan fingerprint density at radius 1 is 1.23 bits per heavy atom. The van der Waals surface area contributed by atoms with Crippen molar-refractivity contribution in [3.63, 3.8) is 0 Å². The third kappa shape index (κ3) is 5.81. The summed E-state index contributed by atoms with van der Waals surface area (Å²) in [6.45, 7) is 5.84. The van der Waals surface area contributed by atoms with E-state index in [-0.39, 0.29) is 12.4 Å². The highest BCUT2D eigenvalue weighted by atomic mass is 35.5. The second kappa shape index (κ2) is 10.1. The summed E-state index contributed by atoms with van der Waals surface area (Å²) in [7, 11) is 0. The van der Waals surface area contributed by atoms with Crippen LogP contribution in [0.1, 0.15) is 36.2 Å². The number of hydrogen-bond acceptors (Lipinski definition) is 5. The Morgan fingerprint density at radius 3 is 2.85 bits per heavy atom. The molecule has 0 bridgehead atoms. The third-order valence-electron chi connectivity index (χ3n) is 4.81. The van der Waals surface area contributed by atoms with E-state index in [0.29, 0.717) is 18.4 Å². The maximum Gasteiger partial charge on any atom is 0.144 e. The molecule has 0 saturated carbocycles. The Kier molecular flexibility index (Phi) is 8.10. The van der Waals surface area contributed by atoms with E-state index in [0.717, 1.165) is 36.9 Å². The molecular weight excluding hydrogens is 369 g/mol. The molecule has 1 atom stereocenters. The summed E-state index contributed by atoms with van der Waals surface area (Å²) in [6.07, 6.45) is 5.24. The molecule has 0 aliphatic carbocycles. The molecule has 1 fully saturated rings. The van der Waals surface area contributed by atoms with Gasteiger partial charge < -0.3 is 11.1 Å². The van der Waals surface area contributed by atoms with Crippen molar-refractivity contribution in [2.75, 3.05) is 18.8 Å². The zero-order valence-electron chi connectivity index (χ0n) is 15.1. The lowest BCUT2D eigenvalue weighted by Gasteiger charge is -2.31. The highest BCUT2D eigenvalue weighted by molar-refractivity contribution is 6.30. The lowest BCUT2D eigenvalue weighted by atomic mass is 10.0. The number of nitrogens with two attached hydrogens (primary N) is 1. The third-order valence-corrected chi connectivity index (χ3v) is 5.05. The number of nitrogens with one attached hydrogen (secondary N) is 1. The average molecular weight is 396 g/mol. The van der Waals surface area contributed by atoms with Crippen LogP contribution in [-0.2, 0) is 13.1 Å². The van der Waals surface area contributed by atoms with Gasteiger partial charge in [-0.05, 0) is 68.6 Å². The van der Waals surface area contributed by atoms with E-state index in [1.54, 1.807) is 12.3 Å². The summed E-state index contributed by atoms with van der Waals surface area (Å²) in [5.41, 5.74) is 8.35. The minimum absolute atomic E-state index is 0. The van der Waals surface area contributed by atoms with Crippen LogP contribution in [-0.4, -0.2) is 34.0 Å². The molecule has 2 aromatic rings. The number of nitrogens with zero attached hydrogens (tertiary/aromatic N) is 3. The maximum atomic E-state index is 6.12. The highest BCUT2D eigenvalue weighted by Gasteiger charge is 2.22. The Balaban J connectivity index is 0.00000243. The van der Waals surface area contributed by atoms with E-state index in [4.69, 9.17) is 17.3 Å². The minimum atomic E-state index is 0. The Labute approximate surface area is 166 Å². The van der Waals surface area contributed by atoms with Gasteiger partial charge in [0.15, 0.2) is 0 Å². The molecule has 0 spiro atoms. The summed E-state index contributed by atoms with van der Waals surface area (Å²) in [6, 6.07) is 8.36. The van der Waals surface area contributed by atoms with Crippen molar-refractivity contribution in [3.8, 4) is 0 Å². The quantitative estimate of drug-likeness (QED) is 0.809. The highest BCUT2D eigenvalue weighted by Crippen LogP contribution is 2.22. The predicted octanol–water partition coefficient (Wildman–Crippen LogP) is 3.59. The van der Waals surface area contributed by atoms with E-state index in [1.807, 2.05) is 12.1 Å². The van der Waals surface area contributed by atoms with Crippen LogP contribution in [0.15, 0.2) is 30.5 Å². The molecule has 26 heavy (non-hydrogen) atoms. The number of rotatable bonds is 5. The molecule has 0 amide bonds. The molecule has 1 aromatic carbocycles. The van der Waals surface area contributed by atoms with E-state index < -0.39 is 0 Å². The van der Waals surface area contributed by atoms with Gasteiger partial charge in [-0.25, -0.2) is 9.97 Å². The minimum Gasteiger partial charge on any atom is -0.384 e. The molecule has 1 aliphatic rings. The number of benzene rings is 1. The summed E-state index contributed by atoms with van der Waals surface area (Å²) < 4.78 is 0. The van der Waals surface area contributed by atoms with Crippen LogP contribution in [0, 0.1) is 6.92 Å². The number of halogens is 2. The summed E-state index contributed by atoms with van der Waals surface area (Å²) >= 11 is 6.12. The zero-order valence-corrected chi connectivity index (χ0v) is 16.7. The first-order chi connectivity index (χ1) is 12.1. The monoisotopic (exact) mass is 395 g/mol. The number of aryl methyl sites for hydroxylation is 1. The number of hydrogen-bond donors (Lipinski definition) is 2. The number of nitrogen functional groups attached to an aromatic ring is 1. The Morgan fingerprint density at radius 2 is 2.08 bits per heavy atom. The molecule has 1 saturated heterocycles. The fraction of sp³-hybridized carbons (Fsp3) is 0.474. The van der Waals surface area contributed by atoms with Crippen molar-refractivity contribution >= 4 is 29.8 Å². The first-order valence-electron chi connectivity index (χ1n) is 8.89. The molecule has 1 aromatic heterocycles. The maximum absolute atomic E-state index is 6.12. The van der Waals surface area contributed by atoms with Crippen molar-refractivity contribution in [1.29, 1.82) is 0 Å². The van der Waals surface area contributed by atoms with E-state index >= 15 is 0 Å². The standard InChI is InChI=1S/C19H26ClN5.ClH/c1-14-11-16(20)5-4-15(14)12-25(17-3-2-8-22-9-6-17)13-19-23-10-7-18(21)24-19;/h4-5,7,10-11,17,22H,2-3,6,8-9,12-13H2,1H3,(H2,21,23,24);1H. The van der Waals surface area contributed by atoms with Crippen molar-refractivity contribution in [2.24, 2.45) is 0 Å². The summed E-state index contributed by atoms with van der Waals surface area (Å²) in [4.78, 5) is 11.3. The number of aromatic nitrogens is 2. The molecule has 0 radical (unpaired) electrons. The van der Waals surface area contributed by atoms with Gasteiger partial charge in [0.2, 0.25) is 0 Å². The van der Waals surface area contributed by atoms with Crippen molar-refractivity contribution in [3.05, 3.63) is 52.4 Å². The lowest BCUT2D eigenvalue weighted by molar-refractivity contribution is 0.160. The van der Waals surface area contributed by atoms with Crippen LogP contribution < -0.4 is 11.1 Å². The van der Waals surface area contributed by atoms with Crippen LogP contribution in [0.5, 0.6) is 0 Å². The van der Waals surface area contributed by atoms with Crippen molar-refractivity contribution < 1.29 is 0 Å². The number of anilines is 1. The first-order valence-corrected chi connectivity index (χ1v) is 9.27. The van der Waals surface area contributed by atoms with E-state index in [9.17, 15) is 0 Å². The van der Waals surface area contributed by atoms with Gasteiger partial charge in [-0.1, -0.05) is 17.7 Å². The second-order valence-electron chi connectivity index (χ2n) is 6.71. The molecule has 1 aliphatic heterocycles. The van der Waals surface area contributed by atoms with Crippen molar-refractivity contribution in [1.82, 2.24) is 20.2 Å². The molecule has 7 heteroatoms. The van der Waals surface area contributed by atoms with Gasteiger partial charge in [-0.3, -0.25) is 4.90 Å². The molecule has 2 heterocycles. The Hall–Kier alpha value is -1.40. The molecule has 1 unspecified atom stereocenters. The fourth-order valence-electron chi connectivity index (χ4n) is 3.41. The first kappa shape index (κ1) is 20.9. The van der Waals surface area contributed by atoms with Gasteiger partial charge in [-0.2, -0.15) is 0 Å². The lowest BCUT2D eigenvalue weighted by Crippen LogP contribution is -2.35. The largest absolute Gasteiger partial charge is 0.384 e. The van der Waals surface area contributed by atoms with Gasteiger partial charge in [0.1, 0.15) is 11.6 Å². The fourth-order valence-corrected chi connectivity index (χ4v) is 3.63. The molecule has 3 rings (SSSR count). The van der Waals surface area contributed by atoms with Crippen LogP contribution in [0.3, 0.4) is 0 Å². The van der Waals surface area contributed by atoms with E-state index in [1.165, 1.54) is 24.0 Å². The van der Waals surface area contributed by atoms with Crippen LogP contribution in [0.4, 0.5) is 5.82 Å². The topological polar surface area (TPSA) is 67.1 Å². The van der Waals surface area contributed by atoms with Crippen LogP contribution >= 0.6 is 24.0 Å². The van der Waals surface area contributed by atoms with Gasteiger partial charge in [-0.15, -0.1) is 12.4 Å². The molecule has 5 nitrogen and oxygen atoms in total. The van der Waals surface area contributed by atoms with Crippen LogP contribution in [0.25, 0.3) is 0 Å². The summed E-state index contributed by atoms with van der Waals surface area (Å²) in [5.74, 6) is 1.30. The molecule has 142 valence electrons. The molecular formula is C19H27Cl2N5. The predicted molar refractivity (Wildman–Crippen MR) is 110 cm³/mol. The Bertz CT molecular complexity index is 702. The van der Waals surface area contributed by atoms with Gasteiger partial charge >= 0.3 is 0 Å². The average Bonchev–Trinajstić information content (AvgIpc) is 2.86. The molecule has 3 N–H and O–H groups in total. The normalized spacial score (nSPS) is 17.6. The van der Waals surface area contributed by atoms with Crippen LogP contribution in [0.2, 0.25) is 5.02 Å². The van der Waals surface area contributed by atoms with Crippen molar-refractivity contribution in [2.45, 2.75) is 45.3 Å². The second-order valence-corrected chi connectivity index (χ2v) is 7.14. The van der Waals surface area contributed by atoms with E-state index in [2.05, 4.69) is 33.2 Å². The SMILES string of the molecule is Cc1cc(Cl)ccc1CN(Cc1nccc(N)n1)C1CCCNCC1.Cl. The smallest absolute Gasteiger partial charge is 0.144 e.